The number of halogens is 1. The van der Waals surface area contributed by atoms with Gasteiger partial charge in [-0.3, -0.25) is 0 Å². The summed E-state index contributed by atoms with van der Waals surface area (Å²) in [7, 11) is 0. The summed E-state index contributed by atoms with van der Waals surface area (Å²) >= 11 is 6.05. The Labute approximate surface area is 111 Å². The lowest BCUT2D eigenvalue weighted by Gasteiger charge is -2.07. The van der Waals surface area contributed by atoms with E-state index in [0.29, 0.717) is 13.2 Å². The number of hydrogen-bond donors (Lipinski definition) is 1. The molecule has 0 saturated carbocycles. The molecule has 4 heteroatoms. The highest BCUT2D eigenvalue weighted by atomic mass is 35.5. The molecule has 0 aliphatic heterocycles. The van der Waals surface area contributed by atoms with E-state index in [1.165, 1.54) is 0 Å². The van der Waals surface area contributed by atoms with Gasteiger partial charge in [-0.25, -0.2) is 0 Å². The summed E-state index contributed by atoms with van der Waals surface area (Å²) in [6.45, 7) is 2.86. The van der Waals surface area contributed by atoms with Gasteiger partial charge in [0.05, 0.1) is 6.54 Å². The van der Waals surface area contributed by atoms with E-state index in [0.717, 1.165) is 34.3 Å². The molecule has 0 saturated heterocycles. The van der Waals surface area contributed by atoms with Gasteiger partial charge in [-0.15, -0.1) is 0 Å². The van der Waals surface area contributed by atoms with Crippen molar-refractivity contribution in [2.24, 2.45) is 5.73 Å². The zero-order chi connectivity index (χ0) is 13.0. The van der Waals surface area contributed by atoms with Crippen LogP contribution in [0.15, 0.2) is 34.7 Å². The fourth-order valence-electron chi connectivity index (χ4n) is 1.68. The highest BCUT2D eigenvalue weighted by Crippen LogP contribution is 2.23. The second-order valence-corrected chi connectivity index (χ2v) is 4.37. The molecule has 3 nitrogen and oxygen atoms in total. The maximum absolute atomic E-state index is 6.05. The molecular formula is C14H16ClNO2. The molecule has 0 atom stereocenters. The summed E-state index contributed by atoms with van der Waals surface area (Å²) in [4.78, 5) is 0. The summed E-state index contributed by atoms with van der Waals surface area (Å²) < 4.78 is 11.1. The first-order valence-electron chi connectivity index (χ1n) is 5.91. The minimum absolute atomic E-state index is 0.394. The first-order chi connectivity index (χ1) is 8.72. The molecule has 0 radical (unpaired) electrons. The third kappa shape index (κ3) is 3.06. The molecule has 0 aliphatic carbocycles. The lowest BCUT2D eigenvalue weighted by Crippen LogP contribution is -1.96. The van der Waals surface area contributed by atoms with Gasteiger partial charge >= 0.3 is 0 Å². The van der Waals surface area contributed by atoms with Crippen LogP contribution in [0.3, 0.4) is 0 Å². The van der Waals surface area contributed by atoms with Crippen molar-refractivity contribution in [2.75, 3.05) is 0 Å². The van der Waals surface area contributed by atoms with Crippen LogP contribution in [0.4, 0.5) is 0 Å². The molecule has 1 aromatic carbocycles. The third-order valence-electron chi connectivity index (χ3n) is 2.70. The van der Waals surface area contributed by atoms with E-state index in [1.807, 2.05) is 30.3 Å². The van der Waals surface area contributed by atoms with Crippen LogP contribution < -0.4 is 10.5 Å². The molecule has 18 heavy (non-hydrogen) atoms. The number of benzene rings is 1. The summed E-state index contributed by atoms with van der Waals surface area (Å²) in [6, 6.07) is 9.39. The molecular weight excluding hydrogens is 250 g/mol. The Morgan fingerprint density at radius 2 is 2.00 bits per heavy atom. The highest BCUT2D eigenvalue weighted by Gasteiger charge is 2.04. The molecule has 0 bridgehead atoms. The van der Waals surface area contributed by atoms with Gasteiger partial charge in [-0.2, -0.15) is 0 Å². The van der Waals surface area contributed by atoms with Gasteiger partial charge in [0.2, 0.25) is 0 Å². The summed E-state index contributed by atoms with van der Waals surface area (Å²) in [5.74, 6) is 2.32. The van der Waals surface area contributed by atoms with Crippen molar-refractivity contribution in [3.8, 4) is 5.75 Å². The molecule has 0 spiro atoms. The molecule has 96 valence electrons. The summed E-state index contributed by atoms with van der Waals surface area (Å²) in [5, 5.41) is 0.772. The topological polar surface area (TPSA) is 48.4 Å². The standard InChI is InChI=1S/C14H16ClNO2/c1-2-10-7-11(5-6-14(10)15)17-9-13-4-3-12(8-16)18-13/h3-7H,2,8-9,16H2,1H3. The molecule has 0 fully saturated rings. The van der Waals surface area contributed by atoms with E-state index < -0.39 is 0 Å². The van der Waals surface area contributed by atoms with E-state index in [4.69, 9.17) is 26.5 Å². The van der Waals surface area contributed by atoms with Crippen molar-refractivity contribution in [3.05, 3.63) is 52.4 Å². The summed E-state index contributed by atoms with van der Waals surface area (Å²) in [5.41, 5.74) is 6.56. The molecule has 2 N–H and O–H groups in total. The minimum atomic E-state index is 0.394. The van der Waals surface area contributed by atoms with Gasteiger partial charge in [0.25, 0.3) is 0 Å². The van der Waals surface area contributed by atoms with Gasteiger partial charge in [-0.05, 0) is 42.3 Å². The second kappa shape index (κ2) is 5.94. The number of ether oxygens (including phenoxy) is 1. The van der Waals surface area contributed by atoms with Gasteiger partial charge in [0, 0.05) is 5.02 Å². The van der Waals surface area contributed by atoms with Crippen LogP contribution in [0.2, 0.25) is 5.02 Å². The average Bonchev–Trinajstić information content (AvgIpc) is 2.86. The number of rotatable bonds is 5. The van der Waals surface area contributed by atoms with Gasteiger partial charge in [0.15, 0.2) is 0 Å². The Morgan fingerprint density at radius 1 is 1.22 bits per heavy atom. The van der Waals surface area contributed by atoms with Crippen molar-refractivity contribution >= 4 is 11.6 Å². The highest BCUT2D eigenvalue weighted by molar-refractivity contribution is 6.31. The molecule has 2 aromatic rings. The lowest BCUT2D eigenvalue weighted by molar-refractivity contribution is 0.266. The van der Waals surface area contributed by atoms with Crippen LogP contribution in [-0.2, 0) is 19.6 Å². The number of aryl methyl sites for hydroxylation is 1. The Balaban J connectivity index is 2.01. The SMILES string of the molecule is CCc1cc(OCc2ccc(CN)o2)ccc1Cl. The predicted octanol–water partition coefficient (Wildman–Crippen LogP) is 3.53. The zero-order valence-corrected chi connectivity index (χ0v) is 11.0. The maximum Gasteiger partial charge on any atom is 0.146 e. The fourth-order valence-corrected chi connectivity index (χ4v) is 1.93. The van der Waals surface area contributed by atoms with Gasteiger partial charge in [-0.1, -0.05) is 18.5 Å². The normalized spacial score (nSPS) is 10.6. The first-order valence-corrected chi connectivity index (χ1v) is 6.29. The Bertz CT molecular complexity index is 522. The third-order valence-corrected chi connectivity index (χ3v) is 3.07. The number of furan rings is 1. The van der Waals surface area contributed by atoms with E-state index >= 15 is 0 Å². The smallest absolute Gasteiger partial charge is 0.146 e. The fraction of sp³-hybridized carbons (Fsp3) is 0.286. The Kier molecular flexibility index (Phi) is 4.28. The number of hydrogen-bond acceptors (Lipinski definition) is 3. The average molecular weight is 266 g/mol. The molecule has 0 amide bonds. The zero-order valence-electron chi connectivity index (χ0n) is 10.3. The van der Waals surface area contributed by atoms with Crippen LogP contribution >= 0.6 is 11.6 Å². The second-order valence-electron chi connectivity index (χ2n) is 3.97. The van der Waals surface area contributed by atoms with Crippen molar-refractivity contribution in [3.63, 3.8) is 0 Å². The summed E-state index contributed by atoms with van der Waals surface area (Å²) in [6.07, 6.45) is 0.883. The van der Waals surface area contributed by atoms with Crippen LogP contribution in [-0.4, -0.2) is 0 Å². The molecule has 1 aromatic heterocycles. The molecule has 2 rings (SSSR count). The van der Waals surface area contributed by atoms with Crippen LogP contribution in [0.25, 0.3) is 0 Å². The van der Waals surface area contributed by atoms with Gasteiger partial charge in [0.1, 0.15) is 23.9 Å². The molecule has 0 unspecified atom stereocenters. The van der Waals surface area contributed by atoms with Crippen LogP contribution in [0.1, 0.15) is 24.0 Å². The number of nitrogens with two attached hydrogens (primary N) is 1. The van der Waals surface area contributed by atoms with Gasteiger partial charge < -0.3 is 14.9 Å². The molecule has 1 heterocycles. The van der Waals surface area contributed by atoms with E-state index in [9.17, 15) is 0 Å². The van der Waals surface area contributed by atoms with E-state index in [-0.39, 0.29) is 0 Å². The first kappa shape index (κ1) is 13.0. The Hall–Kier alpha value is -1.45. The van der Waals surface area contributed by atoms with E-state index in [2.05, 4.69) is 6.92 Å². The predicted molar refractivity (Wildman–Crippen MR) is 71.8 cm³/mol. The van der Waals surface area contributed by atoms with Crippen molar-refractivity contribution in [2.45, 2.75) is 26.5 Å². The minimum Gasteiger partial charge on any atom is -0.486 e. The van der Waals surface area contributed by atoms with Crippen LogP contribution in [0, 0.1) is 0 Å². The van der Waals surface area contributed by atoms with Crippen molar-refractivity contribution in [1.82, 2.24) is 0 Å². The quantitative estimate of drug-likeness (QED) is 0.900. The largest absolute Gasteiger partial charge is 0.486 e. The lowest BCUT2D eigenvalue weighted by atomic mass is 10.1. The van der Waals surface area contributed by atoms with Crippen molar-refractivity contribution < 1.29 is 9.15 Å². The molecule has 0 aliphatic rings. The van der Waals surface area contributed by atoms with Crippen LogP contribution in [0.5, 0.6) is 5.75 Å². The van der Waals surface area contributed by atoms with Crippen molar-refractivity contribution in [1.29, 1.82) is 0 Å². The maximum atomic E-state index is 6.05. The Morgan fingerprint density at radius 3 is 2.67 bits per heavy atom. The van der Waals surface area contributed by atoms with E-state index in [1.54, 1.807) is 0 Å². The monoisotopic (exact) mass is 265 g/mol.